The Morgan fingerprint density at radius 2 is 0.392 bits per heavy atom. The first-order chi connectivity index (χ1) is 24.4. The van der Waals surface area contributed by atoms with Crippen molar-refractivity contribution in [2.24, 2.45) is 0 Å². The highest BCUT2D eigenvalue weighted by Gasteiger charge is 2.39. The summed E-state index contributed by atoms with van der Waals surface area (Å²) in [5, 5.41) is 0. The van der Waals surface area contributed by atoms with Crippen molar-refractivity contribution in [2.75, 3.05) is 0 Å². The van der Waals surface area contributed by atoms with Crippen molar-refractivity contribution in [3.63, 3.8) is 0 Å². The molecule has 0 aliphatic carbocycles. The van der Waals surface area contributed by atoms with Gasteiger partial charge in [-0.15, -0.1) is 0 Å². The van der Waals surface area contributed by atoms with Crippen LogP contribution >= 0.6 is 0 Å². The minimum Gasteiger partial charge on any atom is -0.324 e. The second-order valence-electron chi connectivity index (χ2n) is 15.9. The molecule has 0 spiro atoms. The lowest BCUT2D eigenvalue weighted by atomic mass is 10.0. The summed E-state index contributed by atoms with van der Waals surface area (Å²) >= 11 is 0. The second-order valence-corrected chi connectivity index (χ2v) is 15.9. The summed E-state index contributed by atoms with van der Waals surface area (Å²) in [6, 6.07) is 0. The van der Waals surface area contributed by atoms with Gasteiger partial charge in [-0.3, -0.25) is 0 Å². The fraction of sp³-hybridized carbons (Fsp3) is 1.00. The van der Waals surface area contributed by atoms with E-state index in [4.69, 9.17) is 28.4 Å². The summed E-state index contributed by atoms with van der Waals surface area (Å²) in [5.74, 6) is -1.83. The summed E-state index contributed by atoms with van der Waals surface area (Å²) in [5.41, 5.74) is 0. The third-order valence-corrected chi connectivity index (χ3v) is 10.7. The van der Waals surface area contributed by atoms with E-state index in [1.165, 1.54) is 96.3 Å². The molecule has 0 heterocycles. The zero-order valence-electron chi connectivity index (χ0n) is 36.6. The zero-order chi connectivity index (χ0) is 38.4. The van der Waals surface area contributed by atoms with Crippen LogP contribution in [0.4, 0.5) is 0 Å². The van der Waals surface area contributed by atoms with E-state index in [-0.39, 0.29) is 36.6 Å². The molecule has 6 nitrogen and oxygen atoms in total. The fourth-order valence-corrected chi connectivity index (χ4v) is 6.19. The molecule has 0 amide bonds. The molecular formula is C45H92O6. The van der Waals surface area contributed by atoms with Gasteiger partial charge in [0.1, 0.15) is 0 Å². The SMILES string of the molecule is CCC(C)OC(CCCCCCCCCCCCCCCCCCCC(OC(C)CC)(OC(C)CC)OC(C)CC)(OC(C)CC)OC(C)CC. The van der Waals surface area contributed by atoms with Gasteiger partial charge in [-0.25, -0.2) is 0 Å². The molecule has 6 unspecified atom stereocenters. The van der Waals surface area contributed by atoms with Gasteiger partial charge in [0.15, 0.2) is 0 Å². The molecule has 0 aromatic rings. The van der Waals surface area contributed by atoms with Crippen molar-refractivity contribution >= 4 is 0 Å². The Hall–Kier alpha value is -0.240. The lowest BCUT2D eigenvalue weighted by Crippen LogP contribution is -2.46. The third kappa shape index (κ3) is 26.2. The van der Waals surface area contributed by atoms with Gasteiger partial charge in [0.2, 0.25) is 0 Å². The van der Waals surface area contributed by atoms with Crippen LogP contribution in [0.3, 0.4) is 0 Å². The smallest absolute Gasteiger partial charge is 0.283 e. The van der Waals surface area contributed by atoms with E-state index < -0.39 is 11.9 Å². The zero-order valence-corrected chi connectivity index (χ0v) is 36.6. The molecule has 0 bridgehead atoms. The predicted octanol–water partition coefficient (Wildman–Crippen LogP) is 14.6. The third-order valence-electron chi connectivity index (χ3n) is 10.7. The number of rotatable bonds is 38. The average Bonchev–Trinajstić information content (AvgIpc) is 3.11. The first kappa shape index (κ1) is 50.8. The molecule has 0 aromatic carbocycles. The van der Waals surface area contributed by atoms with Crippen LogP contribution < -0.4 is 0 Å². The van der Waals surface area contributed by atoms with Crippen molar-refractivity contribution in [1.29, 1.82) is 0 Å². The second kappa shape index (κ2) is 32.0. The quantitative estimate of drug-likeness (QED) is 0.0466. The van der Waals surface area contributed by atoms with Crippen LogP contribution in [-0.4, -0.2) is 48.6 Å². The van der Waals surface area contributed by atoms with Crippen LogP contribution in [0.5, 0.6) is 0 Å². The Labute approximate surface area is 319 Å². The highest BCUT2D eigenvalue weighted by Crippen LogP contribution is 2.32. The average molecular weight is 729 g/mol. The highest BCUT2D eigenvalue weighted by atomic mass is 16.9. The van der Waals surface area contributed by atoms with Gasteiger partial charge in [0.25, 0.3) is 11.9 Å². The predicted molar refractivity (Wildman–Crippen MR) is 218 cm³/mol. The maximum absolute atomic E-state index is 6.46. The molecule has 0 N–H and O–H groups in total. The Kier molecular flexibility index (Phi) is 31.9. The van der Waals surface area contributed by atoms with Crippen LogP contribution in [0.2, 0.25) is 0 Å². The number of unbranched alkanes of at least 4 members (excludes halogenated alkanes) is 16. The van der Waals surface area contributed by atoms with E-state index in [1.807, 2.05) is 0 Å². The summed E-state index contributed by atoms with van der Waals surface area (Å²) < 4.78 is 38.7. The largest absolute Gasteiger partial charge is 0.324 e. The van der Waals surface area contributed by atoms with Crippen LogP contribution in [0, 0.1) is 0 Å². The topological polar surface area (TPSA) is 55.4 Å². The van der Waals surface area contributed by atoms with Crippen LogP contribution in [0.15, 0.2) is 0 Å². The first-order valence-electron chi connectivity index (χ1n) is 22.5. The molecule has 6 atom stereocenters. The van der Waals surface area contributed by atoms with Gasteiger partial charge in [-0.1, -0.05) is 138 Å². The monoisotopic (exact) mass is 729 g/mol. The molecule has 0 saturated heterocycles. The molecule has 51 heavy (non-hydrogen) atoms. The highest BCUT2D eigenvalue weighted by molar-refractivity contribution is 4.69. The van der Waals surface area contributed by atoms with Crippen molar-refractivity contribution in [3.05, 3.63) is 0 Å². The van der Waals surface area contributed by atoms with Gasteiger partial charge >= 0.3 is 0 Å². The number of ether oxygens (including phenoxy) is 6. The van der Waals surface area contributed by atoms with Gasteiger partial charge in [0, 0.05) is 12.8 Å². The van der Waals surface area contributed by atoms with Crippen LogP contribution in [0.1, 0.15) is 244 Å². The van der Waals surface area contributed by atoms with E-state index in [0.29, 0.717) is 0 Å². The molecular weight excluding hydrogens is 636 g/mol. The van der Waals surface area contributed by atoms with Crippen molar-refractivity contribution in [2.45, 2.75) is 292 Å². The lowest BCUT2D eigenvalue weighted by Gasteiger charge is -2.39. The Morgan fingerprint density at radius 3 is 0.529 bits per heavy atom. The van der Waals surface area contributed by atoms with Crippen molar-refractivity contribution in [1.82, 2.24) is 0 Å². The summed E-state index contributed by atoms with van der Waals surface area (Å²) in [6.07, 6.45) is 30.3. The van der Waals surface area contributed by atoms with Gasteiger partial charge < -0.3 is 28.4 Å². The molecule has 0 aliphatic rings. The van der Waals surface area contributed by atoms with Gasteiger partial charge in [-0.05, 0) is 92.9 Å². The summed E-state index contributed by atoms with van der Waals surface area (Å²) in [7, 11) is 0. The fourth-order valence-electron chi connectivity index (χ4n) is 6.19. The van der Waals surface area contributed by atoms with Crippen molar-refractivity contribution < 1.29 is 28.4 Å². The molecule has 308 valence electrons. The van der Waals surface area contributed by atoms with Gasteiger partial charge in [0.05, 0.1) is 36.6 Å². The molecule has 0 radical (unpaired) electrons. The number of hydrogen-bond acceptors (Lipinski definition) is 6. The first-order valence-corrected chi connectivity index (χ1v) is 22.5. The normalized spacial score (nSPS) is 18.1. The molecule has 6 heteroatoms. The molecule has 0 aromatic heterocycles. The Bertz CT molecular complexity index is 624. The Morgan fingerprint density at radius 1 is 0.255 bits per heavy atom. The summed E-state index contributed by atoms with van der Waals surface area (Å²) in [6.45, 7) is 25.8. The van der Waals surface area contributed by atoms with Crippen LogP contribution in [-0.2, 0) is 28.4 Å². The Balaban J connectivity index is 4.14. The molecule has 0 aliphatic heterocycles. The van der Waals surface area contributed by atoms with E-state index in [9.17, 15) is 0 Å². The van der Waals surface area contributed by atoms with Crippen molar-refractivity contribution in [3.8, 4) is 0 Å². The molecule has 0 rings (SSSR count). The minimum absolute atomic E-state index is 0.117. The molecule has 0 fully saturated rings. The van der Waals surface area contributed by atoms with E-state index in [1.54, 1.807) is 0 Å². The van der Waals surface area contributed by atoms with Gasteiger partial charge in [-0.2, -0.15) is 0 Å². The summed E-state index contributed by atoms with van der Waals surface area (Å²) in [4.78, 5) is 0. The standard InChI is InChI=1S/C45H92O6/c1-13-38(7)46-44(47-39(8)14-2,48-40(9)15-3)36-34-32-30-28-26-24-22-20-19-21-23-25-27-29-31-33-35-37-45(49-41(10)16-4,50-42(11)17-5)51-43(12)18-6/h38-43H,13-37H2,1-12H3. The minimum atomic E-state index is -0.915. The van der Waals surface area contributed by atoms with Crippen LogP contribution in [0.25, 0.3) is 0 Å². The van der Waals surface area contributed by atoms with E-state index in [2.05, 4.69) is 83.1 Å². The van der Waals surface area contributed by atoms with E-state index in [0.717, 1.165) is 64.2 Å². The lowest BCUT2D eigenvalue weighted by molar-refractivity contribution is -0.417. The number of hydrogen-bond donors (Lipinski definition) is 0. The maximum atomic E-state index is 6.46. The maximum Gasteiger partial charge on any atom is 0.283 e. The van der Waals surface area contributed by atoms with E-state index >= 15 is 0 Å². The molecule has 0 saturated carbocycles.